The van der Waals surface area contributed by atoms with Crippen molar-refractivity contribution >= 4 is 0 Å². The van der Waals surface area contributed by atoms with Crippen LogP contribution in [0, 0.1) is 0 Å². The largest absolute Gasteiger partial charge is 0.472 e. The number of hydrogen-bond donors (Lipinski definition) is 0. The van der Waals surface area contributed by atoms with Gasteiger partial charge in [-0.25, -0.2) is 0 Å². The van der Waals surface area contributed by atoms with E-state index in [1.807, 2.05) is 26.2 Å². The molecule has 0 aromatic carbocycles. The van der Waals surface area contributed by atoms with Crippen molar-refractivity contribution in [2.75, 3.05) is 0 Å². The van der Waals surface area contributed by atoms with Gasteiger partial charge < -0.3 is 4.42 Å². The van der Waals surface area contributed by atoms with Crippen LogP contribution in [0.3, 0.4) is 0 Å². The van der Waals surface area contributed by atoms with Crippen LogP contribution in [0.5, 0.6) is 0 Å². The summed E-state index contributed by atoms with van der Waals surface area (Å²) < 4.78 is 4.91. The molecule has 0 radical (unpaired) electrons. The summed E-state index contributed by atoms with van der Waals surface area (Å²) in [5, 5.41) is 0. The van der Waals surface area contributed by atoms with Gasteiger partial charge in [0.05, 0.1) is 12.5 Å². The lowest BCUT2D eigenvalue weighted by Crippen LogP contribution is -1.77. The smallest absolute Gasteiger partial charge is 0.0934 e. The summed E-state index contributed by atoms with van der Waals surface area (Å²) in [6.45, 7) is 6.19. The van der Waals surface area contributed by atoms with Crippen LogP contribution in [0.2, 0.25) is 0 Å². The topological polar surface area (TPSA) is 13.1 Å². The zero-order valence-corrected chi connectivity index (χ0v) is 7.76. The minimum Gasteiger partial charge on any atom is -0.472 e. The molecular formula is C10H18O. The van der Waals surface area contributed by atoms with Crippen molar-refractivity contribution in [1.29, 1.82) is 0 Å². The summed E-state index contributed by atoms with van der Waals surface area (Å²) in [5.41, 5.74) is 1.32. The van der Waals surface area contributed by atoms with E-state index in [2.05, 4.69) is 6.92 Å². The van der Waals surface area contributed by atoms with Crippen molar-refractivity contribution in [3.05, 3.63) is 24.2 Å². The Balaban J connectivity index is 0.000000461. The van der Waals surface area contributed by atoms with Gasteiger partial charge in [0.25, 0.3) is 0 Å². The molecule has 0 aliphatic carbocycles. The second-order valence-electron chi connectivity index (χ2n) is 2.24. The van der Waals surface area contributed by atoms with Gasteiger partial charge in [0.15, 0.2) is 0 Å². The molecule has 1 nitrogen and oxygen atoms in total. The van der Waals surface area contributed by atoms with Gasteiger partial charge in [0.1, 0.15) is 0 Å². The summed E-state index contributed by atoms with van der Waals surface area (Å²) in [4.78, 5) is 0. The van der Waals surface area contributed by atoms with Crippen molar-refractivity contribution < 1.29 is 4.42 Å². The predicted molar refractivity (Wildman–Crippen MR) is 48.7 cm³/mol. The molecule has 0 bridgehead atoms. The standard InChI is InChI=1S/C8H12O.C2H6/c1-2-3-4-8-5-6-9-7-8;1-2/h5-7H,2-4H2,1H3;1-2H3. The van der Waals surface area contributed by atoms with E-state index in [-0.39, 0.29) is 0 Å². The van der Waals surface area contributed by atoms with Gasteiger partial charge in [0, 0.05) is 0 Å². The monoisotopic (exact) mass is 154 g/mol. The molecule has 0 fully saturated rings. The third-order valence-corrected chi connectivity index (χ3v) is 1.40. The molecule has 1 heteroatoms. The van der Waals surface area contributed by atoms with Crippen molar-refractivity contribution in [3.63, 3.8) is 0 Å². The van der Waals surface area contributed by atoms with Gasteiger partial charge >= 0.3 is 0 Å². The first-order valence-electron chi connectivity index (χ1n) is 4.44. The molecule has 0 aliphatic rings. The quantitative estimate of drug-likeness (QED) is 0.647. The molecule has 1 rings (SSSR count). The Hall–Kier alpha value is -0.720. The summed E-state index contributed by atoms with van der Waals surface area (Å²) in [6, 6.07) is 2.02. The van der Waals surface area contributed by atoms with Crippen molar-refractivity contribution in [2.24, 2.45) is 0 Å². The lowest BCUT2D eigenvalue weighted by atomic mass is 10.2. The van der Waals surface area contributed by atoms with Crippen LogP contribution >= 0.6 is 0 Å². The maximum absolute atomic E-state index is 4.91. The van der Waals surface area contributed by atoms with Gasteiger partial charge in [-0.05, 0) is 24.5 Å². The van der Waals surface area contributed by atoms with E-state index >= 15 is 0 Å². The van der Waals surface area contributed by atoms with E-state index < -0.39 is 0 Å². The van der Waals surface area contributed by atoms with Crippen molar-refractivity contribution in [1.82, 2.24) is 0 Å². The molecule has 0 saturated carbocycles. The highest BCUT2D eigenvalue weighted by molar-refractivity contribution is 5.04. The molecule has 0 unspecified atom stereocenters. The van der Waals surface area contributed by atoms with Gasteiger partial charge in [-0.2, -0.15) is 0 Å². The summed E-state index contributed by atoms with van der Waals surface area (Å²) in [6.07, 6.45) is 7.22. The second kappa shape index (κ2) is 7.39. The van der Waals surface area contributed by atoms with E-state index in [4.69, 9.17) is 4.42 Å². The summed E-state index contributed by atoms with van der Waals surface area (Å²) in [7, 11) is 0. The first kappa shape index (κ1) is 10.3. The zero-order valence-electron chi connectivity index (χ0n) is 7.76. The van der Waals surface area contributed by atoms with Crippen LogP contribution < -0.4 is 0 Å². The van der Waals surface area contributed by atoms with E-state index in [9.17, 15) is 0 Å². The van der Waals surface area contributed by atoms with Crippen molar-refractivity contribution in [3.8, 4) is 0 Å². The molecular weight excluding hydrogens is 136 g/mol. The minimum atomic E-state index is 1.16. The van der Waals surface area contributed by atoms with Gasteiger partial charge in [-0.1, -0.05) is 27.2 Å². The lowest BCUT2D eigenvalue weighted by molar-refractivity contribution is 0.563. The maximum atomic E-state index is 4.91. The molecule has 0 atom stereocenters. The Morgan fingerprint density at radius 1 is 1.36 bits per heavy atom. The average molecular weight is 154 g/mol. The number of rotatable bonds is 3. The Morgan fingerprint density at radius 2 is 2.09 bits per heavy atom. The van der Waals surface area contributed by atoms with E-state index in [0.29, 0.717) is 0 Å². The van der Waals surface area contributed by atoms with Crippen LogP contribution in [-0.4, -0.2) is 0 Å². The maximum Gasteiger partial charge on any atom is 0.0934 e. The molecule has 0 saturated heterocycles. The van der Waals surface area contributed by atoms with Gasteiger partial charge in [-0.15, -0.1) is 0 Å². The van der Waals surface area contributed by atoms with Crippen LogP contribution in [-0.2, 0) is 6.42 Å². The second-order valence-corrected chi connectivity index (χ2v) is 2.24. The fourth-order valence-electron chi connectivity index (χ4n) is 0.816. The van der Waals surface area contributed by atoms with Crippen molar-refractivity contribution in [2.45, 2.75) is 40.0 Å². The summed E-state index contributed by atoms with van der Waals surface area (Å²) >= 11 is 0. The molecule has 0 amide bonds. The first-order valence-corrected chi connectivity index (χ1v) is 4.44. The molecule has 0 N–H and O–H groups in total. The Kier molecular flexibility index (Phi) is 6.90. The fraction of sp³-hybridized carbons (Fsp3) is 0.600. The molecule has 0 spiro atoms. The van der Waals surface area contributed by atoms with Gasteiger partial charge in [0.2, 0.25) is 0 Å². The Morgan fingerprint density at radius 3 is 2.55 bits per heavy atom. The fourth-order valence-corrected chi connectivity index (χ4v) is 0.816. The molecule has 1 heterocycles. The van der Waals surface area contributed by atoms with Crippen LogP contribution in [0.25, 0.3) is 0 Å². The number of hydrogen-bond acceptors (Lipinski definition) is 1. The predicted octanol–water partition coefficient (Wildman–Crippen LogP) is 3.65. The molecule has 0 aliphatic heterocycles. The van der Waals surface area contributed by atoms with E-state index in [0.717, 1.165) is 6.42 Å². The van der Waals surface area contributed by atoms with Crippen LogP contribution in [0.15, 0.2) is 23.0 Å². The number of unbranched alkanes of at least 4 members (excludes halogenated alkanes) is 1. The van der Waals surface area contributed by atoms with E-state index in [1.165, 1.54) is 18.4 Å². The highest BCUT2D eigenvalue weighted by atomic mass is 16.3. The van der Waals surface area contributed by atoms with Crippen LogP contribution in [0.4, 0.5) is 0 Å². The Bertz CT molecular complexity index is 142. The summed E-state index contributed by atoms with van der Waals surface area (Å²) in [5.74, 6) is 0. The minimum absolute atomic E-state index is 1.16. The highest BCUT2D eigenvalue weighted by Gasteiger charge is 1.90. The lowest BCUT2D eigenvalue weighted by Gasteiger charge is -1.89. The Labute approximate surface area is 69.4 Å². The van der Waals surface area contributed by atoms with E-state index in [1.54, 1.807) is 6.26 Å². The third kappa shape index (κ3) is 4.65. The SMILES string of the molecule is CC.CCCCc1ccoc1. The average Bonchev–Trinajstić information content (AvgIpc) is 2.57. The molecule has 11 heavy (non-hydrogen) atoms. The molecule has 1 aromatic rings. The number of aryl methyl sites for hydroxylation is 1. The third-order valence-electron chi connectivity index (χ3n) is 1.40. The highest BCUT2D eigenvalue weighted by Crippen LogP contribution is 2.04. The first-order chi connectivity index (χ1) is 5.43. The molecule has 64 valence electrons. The molecule has 1 aromatic heterocycles. The van der Waals surface area contributed by atoms with Crippen LogP contribution in [0.1, 0.15) is 39.2 Å². The van der Waals surface area contributed by atoms with Gasteiger partial charge in [-0.3, -0.25) is 0 Å². The zero-order chi connectivity index (χ0) is 8.53. The number of furan rings is 1. The normalized spacial score (nSPS) is 8.64.